The molecule has 0 radical (unpaired) electrons. The van der Waals surface area contributed by atoms with Crippen LogP contribution in [-0.4, -0.2) is 31.2 Å². The largest absolute Gasteiger partial charge is 0.491 e. The van der Waals surface area contributed by atoms with Gasteiger partial charge in [-0.05, 0) is 36.4 Å². The third-order valence-electron chi connectivity index (χ3n) is 3.94. The van der Waals surface area contributed by atoms with Crippen molar-refractivity contribution in [3.63, 3.8) is 0 Å². The highest BCUT2D eigenvalue weighted by Crippen LogP contribution is 2.27. The van der Waals surface area contributed by atoms with Crippen molar-refractivity contribution in [3.8, 4) is 5.75 Å². The number of oxazole rings is 1. The number of methoxy groups -OCH3 is 1. The molecule has 0 spiro atoms. The van der Waals surface area contributed by atoms with Crippen LogP contribution in [0.2, 0.25) is 0 Å². The summed E-state index contributed by atoms with van der Waals surface area (Å²) in [5, 5.41) is 2.89. The molecule has 0 aliphatic carbocycles. The van der Waals surface area contributed by atoms with Crippen molar-refractivity contribution in [2.75, 3.05) is 25.6 Å². The smallest absolute Gasteiger partial charge is 0.255 e. The standard InChI is InChI=1S/C21H24N2O4/c1-21(2,3)20-23-17-13-15(8-9-18(17)27-20)22-19(24)14-6-5-7-16(12-14)26-11-10-25-4/h5-9,12-13H,10-11H2,1-4H3,(H,22,24). The van der Waals surface area contributed by atoms with Crippen molar-refractivity contribution in [2.45, 2.75) is 26.2 Å². The molecule has 0 aliphatic heterocycles. The Hall–Kier alpha value is -2.86. The Morgan fingerprint density at radius 2 is 1.96 bits per heavy atom. The first kappa shape index (κ1) is 18.9. The predicted molar refractivity (Wildman–Crippen MR) is 104 cm³/mol. The van der Waals surface area contributed by atoms with Crippen LogP contribution in [0.25, 0.3) is 11.1 Å². The van der Waals surface area contributed by atoms with E-state index in [0.717, 1.165) is 5.52 Å². The molecule has 1 amide bonds. The fourth-order valence-electron chi connectivity index (χ4n) is 2.50. The molecule has 1 N–H and O–H groups in total. The van der Waals surface area contributed by atoms with E-state index in [2.05, 4.69) is 10.3 Å². The molecule has 27 heavy (non-hydrogen) atoms. The average molecular weight is 368 g/mol. The number of hydrogen-bond acceptors (Lipinski definition) is 5. The summed E-state index contributed by atoms with van der Waals surface area (Å²) in [7, 11) is 1.61. The number of fused-ring (bicyclic) bond motifs is 1. The lowest BCUT2D eigenvalue weighted by molar-refractivity contribution is 0.102. The topological polar surface area (TPSA) is 73.6 Å². The van der Waals surface area contributed by atoms with Gasteiger partial charge < -0.3 is 19.2 Å². The molecule has 1 heterocycles. The lowest BCUT2D eigenvalue weighted by atomic mass is 9.97. The average Bonchev–Trinajstić information content (AvgIpc) is 3.06. The van der Waals surface area contributed by atoms with Crippen LogP contribution in [0.1, 0.15) is 37.0 Å². The summed E-state index contributed by atoms with van der Waals surface area (Å²) in [5.74, 6) is 1.08. The monoisotopic (exact) mass is 368 g/mol. The Bertz CT molecular complexity index is 941. The van der Waals surface area contributed by atoms with Gasteiger partial charge in [0.05, 0.1) is 6.61 Å². The summed E-state index contributed by atoms with van der Waals surface area (Å²) in [6.45, 7) is 7.05. The molecule has 0 atom stereocenters. The summed E-state index contributed by atoms with van der Waals surface area (Å²) in [4.78, 5) is 17.1. The molecule has 142 valence electrons. The van der Waals surface area contributed by atoms with Crippen LogP contribution >= 0.6 is 0 Å². The number of carbonyl (C=O) groups is 1. The van der Waals surface area contributed by atoms with Crippen molar-refractivity contribution in [1.82, 2.24) is 4.98 Å². The second-order valence-electron chi connectivity index (χ2n) is 7.27. The van der Waals surface area contributed by atoms with Gasteiger partial charge in [0.1, 0.15) is 17.9 Å². The van der Waals surface area contributed by atoms with Crippen LogP contribution in [0.3, 0.4) is 0 Å². The van der Waals surface area contributed by atoms with Gasteiger partial charge in [0.15, 0.2) is 5.58 Å². The molecule has 3 aromatic rings. The van der Waals surface area contributed by atoms with Gasteiger partial charge in [0, 0.05) is 23.8 Å². The Balaban J connectivity index is 1.74. The fraction of sp³-hybridized carbons (Fsp3) is 0.333. The molecule has 0 saturated heterocycles. The van der Waals surface area contributed by atoms with Gasteiger partial charge in [-0.15, -0.1) is 0 Å². The zero-order valence-electron chi connectivity index (χ0n) is 16.0. The van der Waals surface area contributed by atoms with Crippen LogP contribution < -0.4 is 10.1 Å². The van der Waals surface area contributed by atoms with Gasteiger partial charge in [-0.1, -0.05) is 26.8 Å². The molecule has 0 bridgehead atoms. The maximum atomic E-state index is 12.6. The molecule has 0 unspecified atom stereocenters. The number of hydrogen-bond donors (Lipinski definition) is 1. The number of benzene rings is 2. The van der Waals surface area contributed by atoms with E-state index < -0.39 is 0 Å². The minimum Gasteiger partial charge on any atom is -0.491 e. The molecule has 1 aromatic heterocycles. The molecule has 6 heteroatoms. The molecular weight excluding hydrogens is 344 g/mol. The number of ether oxygens (including phenoxy) is 2. The van der Waals surface area contributed by atoms with Gasteiger partial charge in [-0.2, -0.15) is 0 Å². The van der Waals surface area contributed by atoms with Gasteiger partial charge in [0.2, 0.25) is 5.89 Å². The third kappa shape index (κ3) is 4.65. The van der Waals surface area contributed by atoms with E-state index in [1.54, 1.807) is 31.4 Å². The predicted octanol–water partition coefficient (Wildman–Crippen LogP) is 4.40. The van der Waals surface area contributed by atoms with E-state index in [1.807, 2.05) is 39.0 Å². The minimum absolute atomic E-state index is 0.175. The molecular formula is C21H24N2O4. The highest BCUT2D eigenvalue weighted by molar-refractivity contribution is 6.05. The van der Waals surface area contributed by atoms with E-state index >= 15 is 0 Å². The number of aromatic nitrogens is 1. The van der Waals surface area contributed by atoms with E-state index in [-0.39, 0.29) is 11.3 Å². The maximum absolute atomic E-state index is 12.6. The van der Waals surface area contributed by atoms with Crippen molar-refractivity contribution < 1.29 is 18.7 Å². The van der Waals surface area contributed by atoms with Crippen LogP contribution in [0.5, 0.6) is 5.75 Å². The van der Waals surface area contributed by atoms with E-state index in [4.69, 9.17) is 13.9 Å². The van der Waals surface area contributed by atoms with E-state index in [1.165, 1.54) is 0 Å². The quantitative estimate of drug-likeness (QED) is 0.653. The highest BCUT2D eigenvalue weighted by atomic mass is 16.5. The Morgan fingerprint density at radius 3 is 2.70 bits per heavy atom. The number of amides is 1. The first-order valence-electron chi connectivity index (χ1n) is 8.81. The SMILES string of the molecule is COCCOc1cccc(C(=O)Nc2ccc3oc(C(C)(C)C)nc3c2)c1. The van der Waals surface area contributed by atoms with E-state index in [9.17, 15) is 4.79 Å². The minimum atomic E-state index is -0.217. The number of anilines is 1. The van der Waals surface area contributed by atoms with Gasteiger partial charge in [-0.25, -0.2) is 4.98 Å². The van der Waals surface area contributed by atoms with E-state index in [0.29, 0.717) is 41.7 Å². The van der Waals surface area contributed by atoms with Crippen LogP contribution in [0, 0.1) is 0 Å². The number of nitrogens with zero attached hydrogens (tertiary/aromatic N) is 1. The second kappa shape index (κ2) is 7.80. The number of nitrogens with one attached hydrogen (secondary N) is 1. The first-order valence-corrected chi connectivity index (χ1v) is 8.81. The zero-order chi connectivity index (χ0) is 19.4. The van der Waals surface area contributed by atoms with Crippen molar-refractivity contribution in [1.29, 1.82) is 0 Å². The maximum Gasteiger partial charge on any atom is 0.255 e. The summed E-state index contributed by atoms with van der Waals surface area (Å²) in [6.07, 6.45) is 0. The first-order chi connectivity index (χ1) is 12.9. The molecule has 3 rings (SSSR count). The Morgan fingerprint density at radius 1 is 1.15 bits per heavy atom. The van der Waals surface area contributed by atoms with Crippen molar-refractivity contribution >= 4 is 22.7 Å². The third-order valence-corrected chi connectivity index (χ3v) is 3.94. The summed E-state index contributed by atoms with van der Waals surface area (Å²) in [5.41, 5.74) is 2.42. The molecule has 0 fully saturated rings. The lowest BCUT2D eigenvalue weighted by Gasteiger charge is -2.11. The molecule has 2 aromatic carbocycles. The normalized spacial score (nSPS) is 11.6. The van der Waals surface area contributed by atoms with Gasteiger partial charge in [0.25, 0.3) is 5.91 Å². The van der Waals surface area contributed by atoms with Crippen LogP contribution in [0.15, 0.2) is 46.9 Å². The summed E-state index contributed by atoms with van der Waals surface area (Å²) >= 11 is 0. The van der Waals surface area contributed by atoms with Gasteiger partial charge in [-0.3, -0.25) is 4.79 Å². The number of carbonyl (C=O) groups excluding carboxylic acids is 1. The summed E-state index contributed by atoms with van der Waals surface area (Å²) in [6, 6.07) is 12.5. The fourth-order valence-corrected chi connectivity index (χ4v) is 2.50. The Kier molecular flexibility index (Phi) is 5.46. The van der Waals surface area contributed by atoms with Crippen molar-refractivity contribution in [2.24, 2.45) is 0 Å². The molecule has 0 saturated carbocycles. The summed E-state index contributed by atoms with van der Waals surface area (Å²) < 4.78 is 16.3. The highest BCUT2D eigenvalue weighted by Gasteiger charge is 2.21. The van der Waals surface area contributed by atoms with Gasteiger partial charge >= 0.3 is 0 Å². The van der Waals surface area contributed by atoms with Crippen LogP contribution in [0.4, 0.5) is 5.69 Å². The molecule has 6 nitrogen and oxygen atoms in total. The second-order valence-corrected chi connectivity index (χ2v) is 7.27. The zero-order valence-corrected chi connectivity index (χ0v) is 16.0. The number of rotatable bonds is 6. The van der Waals surface area contributed by atoms with Crippen molar-refractivity contribution in [3.05, 3.63) is 53.9 Å². The van der Waals surface area contributed by atoms with Crippen LogP contribution in [-0.2, 0) is 10.2 Å². The lowest BCUT2D eigenvalue weighted by Crippen LogP contribution is -2.12. The Labute approximate surface area is 158 Å². The molecule has 0 aliphatic rings.